The van der Waals surface area contributed by atoms with Crippen LogP contribution in [-0.4, -0.2) is 40.6 Å². The molecule has 0 saturated carbocycles. The number of oxazole rings is 1. The minimum atomic E-state index is -1.06. The molecule has 1 fully saturated rings. The lowest BCUT2D eigenvalue weighted by atomic mass is 10.1. The zero-order valence-electron chi connectivity index (χ0n) is 9.35. The van der Waals surface area contributed by atoms with Gasteiger partial charge in [-0.05, 0) is 25.4 Å². The van der Waals surface area contributed by atoms with Crippen molar-refractivity contribution in [1.82, 2.24) is 9.88 Å². The molecule has 2 rings (SSSR count). The fraction of sp³-hybridized carbons (Fsp3) is 0.636. The highest BCUT2D eigenvalue weighted by molar-refractivity contribution is 5.83. The summed E-state index contributed by atoms with van der Waals surface area (Å²) in [5.41, 5.74) is 0. The van der Waals surface area contributed by atoms with Crippen LogP contribution in [0.3, 0.4) is 0 Å². The van der Waals surface area contributed by atoms with Crippen molar-refractivity contribution in [2.45, 2.75) is 19.8 Å². The van der Waals surface area contributed by atoms with E-state index in [1.807, 2.05) is 0 Å². The summed E-state index contributed by atoms with van der Waals surface area (Å²) in [6.07, 6.45) is 3.16. The average molecular weight is 224 g/mol. The maximum Gasteiger partial charge on any atom is 0.373 e. The van der Waals surface area contributed by atoms with E-state index in [-0.39, 0.29) is 5.76 Å². The van der Waals surface area contributed by atoms with Crippen LogP contribution >= 0.6 is 0 Å². The molecule has 1 atom stereocenters. The van der Waals surface area contributed by atoms with Crippen LogP contribution in [0.25, 0.3) is 0 Å². The molecule has 0 aromatic carbocycles. The van der Waals surface area contributed by atoms with Gasteiger partial charge in [-0.3, -0.25) is 0 Å². The van der Waals surface area contributed by atoms with Crippen molar-refractivity contribution >= 4 is 5.97 Å². The summed E-state index contributed by atoms with van der Waals surface area (Å²) < 4.78 is 5.15. The first kappa shape index (κ1) is 11.1. The van der Waals surface area contributed by atoms with Crippen molar-refractivity contribution in [2.75, 3.05) is 19.6 Å². The monoisotopic (exact) mass is 224 g/mol. The molecule has 0 amide bonds. The van der Waals surface area contributed by atoms with Gasteiger partial charge in [-0.25, -0.2) is 9.78 Å². The fourth-order valence-corrected chi connectivity index (χ4v) is 2.12. The third-order valence-electron chi connectivity index (χ3n) is 3.04. The lowest BCUT2D eigenvalue weighted by Gasteiger charge is -2.11. The van der Waals surface area contributed by atoms with Gasteiger partial charge in [0.15, 0.2) is 5.89 Å². The van der Waals surface area contributed by atoms with Crippen molar-refractivity contribution in [2.24, 2.45) is 5.92 Å². The minimum absolute atomic E-state index is 0.0691. The molecule has 1 N–H and O–H groups in total. The maximum absolute atomic E-state index is 10.6. The summed E-state index contributed by atoms with van der Waals surface area (Å²) in [5.74, 6) is -0.0405. The van der Waals surface area contributed by atoms with Gasteiger partial charge in [0.1, 0.15) is 0 Å². The molecule has 5 heteroatoms. The first-order valence-corrected chi connectivity index (χ1v) is 5.59. The molecular weight excluding hydrogens is 208 g/mol. The lowest BCUT2D eigenvalue weighted by molar-refractivity contribution is 0.0660. The first-order valence-electron chi connectivity index (χ1n) is 5.59. The Kier molecular flexibility index (Phi) is 3.24. The summed E-state index contributed by atoms with van der Waals surface area (Å²) in [7, 11) is 0. The third-order valence-corrected chi connectivity index (χ3v) is 3.04. The molecule has 2 heterocycles. The van der Waals surface area contributed by atoms with Crippen LogP contribution in [-0.2, 0) is 6.42 Å². The number of carboxylic acid groups (broad SMARTS) is 1. The maximum atomic E-state index is 10.6. The van der Waals surface area contributed by atoms with E-state index in [9.17, 15) is 4.79 Å². The summed E-state index contributed by atoms with van der Waals surface area (Å²) in [6, 6.07) is 0. The lowest BCUT2D eigenvalue weighted by Crippen LogP contribution is -2.20. The highest BCUT2D eigenvalue weighted by atomic mass is 16.4. The third kappa shape index (κ3) is 2.41. The van der Waals surface area contributed by atoms with E-state index in [2.05, 4.69) is 16.8 Å². The summed E-state index contributed by atoms with van der Waals surface area (Å²) >= 11 is 0. The second-order valence-corrected chi connectivity index (χ2v) is 4.18. The van der Waals surface area contributed by atoms with Gasteiger partial charge in [-0.1, -0.05) is 6.92 Å². The molecule has 1 aromatic heterocycles. The van der Waals surface area contributed by atoms with E-state index >= 15 is 0 Å². The average Bonchev–Trinajstić information content (AvgIpc) is 2.87. The molecular formula is C11H16N2O3. The first-order chi connectivity index (χ1) is 7.69. The predicted molar refractivity (Wildman–Crippen MR) is 57.4 cm³/mol. The molecule has 1 aliphatic rings. The van der Waals surface area contributed by atoms with Crippen molar-refractivity contribution in [3.8, 4) is 0 Å². The molecule has 5 nitrogen and oxygen atoms in total. The zero-order chi connectivity index (χ0) is 11.5. The van der Waals surface area contributed by atoms with Gasteiger partial charge in [0.05, 0.1) is 6.20 Å². The van der Waals surface area contributed by atoms with Crippen LogP contribution in [0.15, 0.2) is 10.6 Å². The zero-order valence-corrected chi connectivity index (χ0v) is 9.35. The van der Waals surface area contributed by atoms with Gasteiger partial charge in [0.2, 0.25) is 5.76 Å². The number of carboxylic acids is 1. The van der Waals surface area contributed by atoms with Gasteiger partial charge in [-0.2, -0.15) is 0 Å². The van der Waals surface area contributed by atoms with Gasteiger partial charge >= 0.3 is 5.97 Å². The van der Waals surface area contributed by atoms with Crippen LogP contribution in [0.1, 0.15) is 29.8 Å². The number of aromatic nitrogens is 1. The number of hydrogen-bond donors (Lipinski definition) is 1. The van der Waals surface area contributed by atoms with Crippen molar-refractivity contribution in [1.29, 1.82) is 0 Å². The van der Waals surface area contributed by atoms with E-state index in [1.54, 1.807) is 0 Å². The molecule has 0 bridgehead atoms. The Bertz CT molecular complexity index is 375. The molecule has 0 aliphatic carbocycles. The van der Waals surface area contributed by atoms with Crippen LogP contribution in [0.5, 0.6) is 0 Å². The molecule has 1 saturated heterocycles. The van der Waals surface area contributed by atoms with Gasteiger partial charge in [-0.15, -0.1) is 0 Å². The Morgan fingerprint density at radius 1 is 1.75 bits per heavy atom. The minimum Gasteiger partial charge on any atom is -0.475 e. The number of hydrogen-bond acceptors (Lipinski definition) is 4. The van der Waals surface area contributed by atoms with E-state index in [0.717, 1.165) is 32.5 Å². The normalized spacial score (nSPS) is 21.4. The molecule has 0 radical (unpaired) electrons. The Morgan fingerprint density at radius 3 is 3.12 bits per heavy atom. The van der Waals surface area contributed by atoms with E-state index < -0.39 is 5.97 Å². The van der Waals surface area contributed by atoms with Crippen LogP contribution in [0, 0.1) is 5.92 Å². The van der Waals surface area contributed by atoms with Crippen molar-refractivity contribution < 1.29 is 14.3 Å². The van der Waals surface area contributed by atoms with Crippen LogP contribution in [0.2, 0.25) is 0 Å². The van der Waals surface area contributed by atoms with Gasteiger partial charge < -0.3 is 14.4 Å². The highest BCUT2D eigenvalue weighted by Crippen LogP contribution is 2.20. The van der Waals surface area contributed by atoms with E-state index in [0.29, 0.717) is 11.8 Å². The number of carbonyl (C=O) groups is 1. The standard InChI is InChI=1S/C11H16N2O3/c1-2-13-4-3-8(7-13)5-10-12-6-9(16-10)11(14)15/h6,8H,2-5,7H2,1H3,(H,14,15). The SMILES string of the molecule is CCN1CCC(Cc2ncc(C(=O)O)o2)C1. The number of likely N-dealkylation sites (tertiary alicyclic amines) is 1. The molecule has 88 valence electrons. The smallest absolute Gasteiger partial charge is 0.373 e. The Hall–Kier alpha value is -1.36. The van der Waals surface area contributed by atoms with Crippen molar-refractivity contribution in [3.05, 3.63) is 17.8 Å². The van der Waals surface area contributed by atoms with Gasteiger partial charge in [0.25, 0.3) is 0 Å². The Labute approximate surface area is 94.1 Å². The molecule has 16 heavy (non-hydrogen) atoms. The molecule has 1 aromatic rings. The molecule has 1 unspecified atom stereocenters. The topological polar surface area (TPSA) is 66.6 Å². The highest BCUT2D eigenvalue weighted by Gasteiger charge is 2.23. The Balaban J connectivity index is 1.92. The van der Waals surface area contributed by atoms with E-state index in [1.165, 1.54) is 6.20 Å². The summed E-state index contributed by atoms with van der Waals surface area (Å²) in [5, 5.41) is 8.70. The number of rotatable bonds is 4. The predicted octanol–water partition coefficient (Wildman–Crippen LogP) is 1.26. The summed E-state index contributed by atoms with van der Waals surface area (Å²) in [6.45, 7) is 5.40. The second kappa shape index (κ2) is 4.65. The van der Waals surface area contributed by atoms with Crippen molar-refractivity contribution in [3.63, 3.8) is 0 Å². The van der Waals surface area contributed by atoms with Crippen LogP contribution in [0.4, 0.5) is 0 Å². The second-order valence-electron chi connectivity index (χ2n) is 4.18. The molecule has 0 spiro atoms. The number of nitrogens with zero attached hydrogens (tertiary/aromatic N) is 2. The van der Waals surface area contributed by atoms with Crippen LogP contribution < -0.4 is 0 Å². The largest absolute Gasteiger partial charge is 0.475 e. The quantitative estimate of drug-likeness (QED) is 0.833. The Morgan fingerprint density at radius 2 is 2.56 bits per heavy atom. The molecule has 1 aliphatic heterocycles. The van der Waals surface area contributed by atoms with E-state index in [4.69, 9.17) is 9.52 Å². The summed E-state index contributed by atoms with van der Waals surface area (Å²) in [4.78, 5) is 17.0. The fourth-order valence-electron chi connectivity index (χ4n) is 2.12. The van der Waals surface area contributed by atoms with Gasteiger partial charge in [0, 0.05) is 13.0 Å². The number of aromatic carboxylic acids is 1.